The van der Waals surface area contributed by atoms with E-state index in [4.69, 9.17) is 18.9 Å². The highest BCUT2D eigenvalue weighted by Crippen LogP contribution is 2.42. The molecule has 0 radical (unpaired) electrons. The number of anilines is 1. The van der Waals surface area contributed by atoms with Crippen molar-refractivity contribution in [3.63, 3.8) is 0 Å². The molecule has 1 aliphatic rings. The van der Waals surface area contributed by atoms with E-state index in [2.05, 4.69) is 12.2 Å². The molecule has 1 amide bonds. The van der Waals surface area contributed by atoms with Crippen molar-refractivity contribution >= 4 is 28.2 Å². The summed E-state index contributed by atoms with van der Waals surface area (Å²) in [4.78, 5) is 27.0. The molecule has 3 rings (SSSR count). The van der Waals surface area contributed by atoms with Crippen LogP contribution in [0.3, 0.4) is 0 Å². The van der Waals surface area contributed by atoms with Crippen molar-refractivity contribution in [3.8, 4) is 17.2 Å². The van der Waals surface area contributed by atoms with E-state index < -0.39 is 5.97 Å². The van der Waals surface area contributed by atoms with Gasteiger partial charge in [-0.3, -0.25) is 4.79 Å². The Morgan fingerprint density at radius 1 is 1.10 bits per heavy atom. The number of carbonyl (C=O) groups is 2. The van der Waals surface area contributed by atoms with Gasteiger partial charge in [-0.1, -0.05) is 13.3 Å². The molecule has 1 N–H and O–H groups in total. The van der Waals surface area contributed by atoms with Crippen LogP contribution in [0.5, 0.6) is 17.2 Å². The molecule has 0 saturated heterocycles. The van der Waals surface area contributed by atoms with Crippen LogP contribution in [-0.2, 0) is 17.6 Å². The van der Waals surface area contributed by atoms with Crippen LogP contribution >= 0.6 is 11.3 Å². The van der Waals surface area contributed by atoms with Crippen molar-refractivity contribution in [2.75, 3.05) is 33.3 Å². The smallest absolute Gasteiger partial charge is 0.341 e. The van der Waals surface area contributed by atoms with E-state index >= 15 is 0 Å². The summed E-state index contributed by atoms with van der Waals surface area (Å²) in [5.41, 5.74) is 1.83. The summed E-state index contributed by atoms with van der Waals surface area (Å²) in [7, 11) is 4.50. The molecule has 0 aliphatic heterocycles. The second-order valence-electron chi connectivity index (χ2n) is 7.31. The molecule has 1 unspecified atom stereocenters. The highest BCUT2D eigenvalue weighted by Gasteiger charge is 2.30. The van der Waals surface area contributed by atoms with Gasteiger partial charge in [-0.25, -0.2) is 4.79 Å². The zero-order chi connectivity index (χ0) is 22.5. The van der Waals surface area contributed by atoms with Crippen molar-refractivity contribution in [2.24, 2.45) is 5.92 Å². The fourth-order valence-electron chi connectivity index (χ4n) is 3.90. The molecule has 2 aromatic rings. The second-order valence-corrected chi connectivity index (χ2v) is 8.42. The molecular weight excluding hydrogens is 418 g/mol. The monoisotopic (exact) mass is 447 g/mol. The van der Waals surface area contributed by atoms with Crippen LogP contribution in [0.1, 0.15) is 57.8 Å². The summed E-state index contributed by atoms with van der Waals surface area (Å²) < 4.78 is 21.3. The summed E-state index contributed by atoms with van der Waals surface area (Å²) in [6.45, 7) is 4.24. The predicted octanol–water partition coefficient (Wildman–Crippen LogP) is 4.72. The molecule has 8 heteroatoms. The fraction of sp³-hybridized carbons (Fsp3) is 0.478. The number of carbonyl (C=O) groups excluding carboxylic acids is 2. The third-order valence-corrected chi connectivity index (χ3v) is 6.75. The Morgan fingerprint density at radius 2 is 1.77 bits per heavy atom. The summed E-state index contributed by atoms with van der Waals surface area (Å²) in [6.07, 6.45) is 3.87. The number of nitrogens with one attached hydrogen (secondary N) is 1. The number of thiophene rings is 1. The number of hydrogen-bond donors (Lipinski definition) is 1. The zero-order valence-corrected chi connectivity index (χ0v) is 19.4. The minimum Gasteiger partial charge on any atom is -0.493 e. The molecule has 1 heterocycles. The summed E-state index contributed by atoms with van der Waals surface area (Å²) in [6, 6.07) is 3.17. The number of amides is 1. The van der Waals surface area contributed by atoms with Gasteiger partial charge in [0.1, 0.15) is 5.00 Å². The number of rotatable bonds is 8. The molecule has 0 bridgehead atoms. The van der Waals surface area contributed by atoms with E-state index in [1.54, 1.807) is 19.1 Å². The van der Waals surface area contributed by atoms with Crippen LogP contribution in [0.4, 0.5) is 5.00 Å². The van der Waals surface area contributed by atoms with Gasteiger partial charge in [-0.05, 0) is 49.8 Å². The minimum atomic E-state index is -0.393. The lowest BCUT2D eigenvalue weighted by Gasteiger charge is -2.20. The van der Waals surface area contributed by atoms with Gasteiger partial charge in [0.25, 0.3) is 5.91 Å². The van der Waals surface area contributed by atoms with Gasteiger partial charge in [-0.15, -0.1) is 11.3 Å². The molecule has 1 atom stereocenters. The number of esters is 1. The van der Waals surface area contributed by atoms with Gasteiger partial charge in [-0.2, -0.15) is 0 Å². The number of methoxy groups -OCH3 is 3. The molecule has 7 nitrogen and oxygen atoms in total. The number of benzene rings is 1. The molecule has 31 heavy (non-hydrogen) atoms. The lowest BCUT2D eigenvalue weighted by atomic mass is 9.85. The van der Waals surface area contributed by atoms with Gasteiger partial charge < -0.3 is 24.3 Å². The first-order chi connectivity index (χ1) is 15.0. The normalized spacial score (nSPS) is 15.1. The van der Waals surface area contributed by atoms with Crippen molar-refractivity contribution < 1.29 is 28.5 Å². The summed E-state index contributed by atoms with van der Waals surface area (Å²) in [5.74, 6) is 1.01. The maximum Gasteiger partial charge on any atom is 0.341 e. The molecule has 1 aromatic carbocycles. The first kappa shape index (κ1) is 22.9. The maximum absolute atomic E-state index is 13.1. The first-order valence-electron chi connectivity index (χ1n) is 10.4. The average Bonchev–Trinajstić information content (AvgIpc) is 3.14. The average molecular weight is 448 g/mol. The SMILES string of the molecule is CCOC(=O)c1c(NC(=O)c2cc(OC)c(OC)c(OC)c2)sc2c1CCC(CC)C2. The van der Waals surface area contributed by atoms with Gasteiger partial charge >= 0.3 is 5.97 Å². The highest BCUT2D eigenvalue weighted by molar-refractivity contribution is 7.17. The van der Waals surface area contributed by atoms with Crippen molar-refractivity contribution in [3.05, 3.63) is 33.7 Å². The maximum atomic E-state index is 13.1. The zero-order valence-electron chi connectivity index (χ0n) is 18.6. The fourth-order valence-corrected chi connectivity index (χ4v) is 5.24. The Bertz CT molecular complexity index is 942. The number of ether oxygens (including phenoxy) is 4. The largest absolute Gasteiger partial charge is 0.493 e. The van der Waals surface area contributed by atoms with Crippen molar-refractivity contribution in [1.29, 1.82) is 0 Å². The Hall–Kier alpha value is -2.74. The van der Waals surface area contributed by atoms with Crippen molar-refractivity contribution in [1.82, 2.24) is 0 Å². The Labute approximate surface area is 186 Å². The topological polar surface area (TPSA) is 83.1 Å². The van der Waals surface area contributed by atoms with Gasteiger partial charge in [0.2, 0.25) is 5.75 Å². The number of fused-ring (bicyclic) bond motifs is 1. The minimum absolute atomic E-state index is 0.279. The Kier molecular flexibility index (Phi) is 7.43. The molecule has 0 spiro atoms. The molecular formula is C23H29NO6S. The van der Waals surface area contributed by atoms with E-state index in [0.717, 1.165) is 36.1 Å². The third kappa shape index (κ3) is 4.63. The van der Waals surface area contributed by atoms with Gasteiger partial charge in [0, 0.05) is 10.4 Å². The Balaban J connectivity index is 1.98. The van der Waals surface area contributed by atoms with E-state index in [1.165, 1.54) is 32.7 Å². The van der Waals surface area contributed by atoms with Crippen LogP contribution in [-0.4, -0.2) is 39.8 Å². The molecule has 1 aromatic heterocycles. The van der Waals surface area contributed by atoms with E-state index in [1.807, 2.05) is 0 Å². The predicted molar refractivity (Wildman–Crippen MR) is 120 cm³/mol. The van der Waals surface area contributed by atoms with E-state index in [9.17, 15) is 9.59 Å². The number of hydrogen-bond acceptors (Lipinski definition) is 7. The summed E-state index contributed by atoms with van der Waals surface area (Å²) in [5, 5.41) is 3.45. The van der Waals surface area contributed by atoms with Crippen LogP contribution in [0.15, 0.2) is 12.1 Å². The van der Waals surface area contributed by atoms with Crippen LogP contribution < -0.4 is 19.5 Å². The Morgan fingerprint density at radius 3 is 2.32 bits per heavy atom. The second kappa shape index (κ2) is 10.0. The lowest BCUT2D eigenvalue weighted by molar-refractivity contribution is 0.0526. The third-order valence-electron chi connectivity index (χ3n) is 5.58. The highest BCUT2D eigenvalue weighted by atomic mass is 32.1. The molecule has 0 fully saturated rings. The van der Waals surface area contributed by atoms with Crippen LogP contribution in [0, 0.1) is 5.92 Å². The van der Waals surface area contributed by atoms with E-state index in [-0.39, 0.29) is 12.5 Å². The van der Waals surface area contributed by atoms with Gasteiger partial charge in [0.05, 0.1) is 33.5 Å². The molecule has 1 aliphatic carbocycles. The molecule has 0 saturated carbocycles. The quantitative estimate of drug-likeness (QED) is 0.590. The lowest BCUT2D eigenvalue weighted by Crippen LogP contribution is -2.17. The standard InChI is InChI=1S/C23H29NO6S/c1-6-13-8-9-15-18(10-13)31-22(19(15)23(26)30-7-2)24-21(25)14-11-16(27-3)20(29-5)17(12-14)28-4/h11-13H,6-10H2,1-5H3,(H,24,25). The first-order valence-corrected chi connectivity index (χ1v) is 11.2. The summed E-state index contributed by atoms with van der Waals surface area (Å²) >= 11 is 1.47. The van der Waals surface area contributed by atoms with Crippen molar-refractivity contribution in [2.45, 2.75) is 39.5 Å². The van der Waals surface area contributed by atoms with Gasteiger partial charge in [0.15, 0.2) is 11.5 Å². The van der Waals surface area contributed by atoms with Crippen LogP contribution in [0.2, 0.25) is 0 Å². The van der Waals surface area contributed by atoms with Crippen LogP contribution in [0.25, 0.3) is 0 Å². The molecule has 168 valence electrons. The van der Waals surface area contributed by atoms with E-state index in [0.29, 0.717) is 39.3 Å².